The quantitative estimate of drug-likeness (QED) is 0.643. The summed E-state index contributed by atoms with van der Waals surface area (Å²) in [5, 5.41) is 10.4. The van der Waals surface area contributed by atoms with Gasteiger partial charge in [0.25, 0.3) is 0 Å². The molecule has 2 aromatic carbocycles. The van der Waals surface area contributed by atoms with E-state index in [-0.39, 0.29) is 5.78 Å². The number of nitriles is 1. The van der Waals surface area contributed by atoms with Crippen molar-refractivity contribution >= 4 is 16.7 Å². The number of benzene rings is 2. The molecule has 28 heavy (non-hydrogen) atoms. The van der Waals surface area contributed by atoms with Gasteiger partial charge in [-0.05, 0) is 48.7 Å². The van der Waals surface area contributed by atoms with Crippen LogP contribution in [0, 0.1) is 18.3 Å². The molecule has 0 atom stereocenters. The molecule has 0 radical (unpaired) electrons. The maximum absolute atomic E-state index is 12.1. The van der Waals surface area contributed by atoms with Crippen molar-refractivity contribution < 1.29 is 14.3 Å². The first kappa shape index (κ1) is 18.3. The van der Waals surface area contributed by atoms with Gasteiger partial charge in [0.1, 0.15) is 17.4 Å². The van der Waals surface area contributed by atoms with Crippen LogP contribution in [0.5, 0.6) is 0 Å². The highest BCUT2D eigenvalue weighted by Crippen LogP contribution is 2.35. The second-order valence-corrected chi connectivity index (χ2v) is 7.20. The number of aryl methyl sites for hydroxylation is 1. The SMILES string of the molecule is COC1(c2ccc(-c3cc4c(C(C)=O)cc(C)cc4nc3C#N)cc2)COC1. The summed E-state index contributed by atoms with van der Waals surface area (Å²) >= 11 is 0. The second kappa shape index (κ2) is 6.83. The monoisotopic (exact) mass is 372 g/mol. The van der Waals surface area contributed by atoms with Crippen molar-refractivity contribution in [1.29, 1.82) is 5.26 Å². The first-order valence-corrected chi connectivity index (χ1v) is 9.08. The van der Waals surface area contributed by atoms with E-state index in [4.69, 9.17) is 9.47 Å². The fourth-order valence-electron chi connectivity index (χ4n) is 3.66. The topological polar surface area (TPSA) is 72.2 Å². The molecule has 1 aromatic heterocycles. The minimum absolute atomic E-state index is 0.0199. The highest BCUT2D eigenvalue weighted by molar-refractivity contribution is 6.07. The predicted octanol–water partition coefficient (Wildman–Crippen LogP) is 4.16. The van der Waals surface area contributed by atoms with Gasteiger partial charge in [-0.3, -0.25) is 4.79 Å². The van der Waals surface area contributed by atoms with E-state index in [1.54, 1.807) is 14.0 Å². The van der Waals surface area contributed by atoms with Crippen molar-refractivity contribution in [3.05, 3.63) is 64.8 Å². The molecular formula is C23H20N2O3. The van der Waals surface area contributed by atoms with Gasteiger partial charge in [0.05, 0.1) is 18.7 Å². The summed E-state index contributed by atoms with van der Waals surface area (Å²) in [7, 11) is 1.68. The van der Waals surface area contributed by atoms with Gasteiger partial charge in [0, 0.05) is 23.6 Å². The third kappa shape index (κ3) is 2.88. The molecule has 0 amide bonds. The molecule has 1 fully saturated rings. The number of Topliss-reactive ketones (excluding diaryl/α,β-unsaturated/α-hetero) is 1. The molecule has 0 saturated carbocycles. The molecule has 0 aliphatic carbocycles. The lowest BCUT2D eigenvalue weighted by atomic mass is 9.89. The van der Waals surface area contributed by atoms with Crippen molar-refractivity contribution in [3.63, 3.8) is 0 Å². The Labute approximate surface area is 163 Å². The molecule has 1 aliphatic rings. The second-order valence-electron chi connectivity index (χ2n) is 7.20. The molecule has 5 heteroatoms. The van der Waals surface area contributed by atoms with Crippen LogP contribution in [0.3, 0.4) is 0 Å². The number of ketones is 1. The Morgan fingerprint density at radius 2 is 1.93 bits per heavy atom. The number of ether oxygens (including phenoxy) is 2. The minimum Gasteiger partial charge on any atom is -0.375 e. The standard InChI is InChI=1S/C23H20N2O3/c1-14-8-18(15(2)26)20-10-19(22(11-24)25-21(20)9-14)16-4-6-17(7-5-16)23(27-3)12-28-13-23/h4-10H,12-13H2,1-3H3. The lowest BCUT2D eigenvalue weighted by Crippen LogP contribution is -2.48. The number of carbonyl (C=O) groups excluding carboxylic acids is 1. The summed E-state index contributed by atoms with van der Waals surface area (Å²) in [6.07, 6.45) is 0. The van der Waals surface area contributed by atoms with Crippen LogP contribution >= 0.6 is 0 Å². The van der Waals surface area contributed by atoms with Gasteiger partial charge < -0.3 is 9.47 Å². The number of methoxy groups -OCH3 is 1. The third-order valence-corrected chi connectivity index (χ3v) is 5.35. The van der Waals surface area contributed by atoms with Crippen LogP contribution in [-0.4, -0.2) is 31.1 Å². The zero-order chi connectivity index (χ0) is 19.9. The Morgan fingerprint density at radius 3 is 2.46 bits per heavy atom. The summed E-state index contributed by atoms with van der Waals surface area (Å²) in [5.41, 5.74) is 4.80. The number of carbonyl (C=O) groups is 1. The van der Waals surface area contributed by atoms with Crippen LogP contribution in [0.2, 0.25) is 0 Å². The molecule has 0 bridgehead atoms. The van der Waals surface area contributed by atoms with E-state index < -0.39 is 5.60 Å². The summed E-state index contributed by atoms with van der Waals surface area (Å²) in [4.78, 5) is 16.7. The minimum atomic E-state index is -0.391. The Hall–Kier alpha value is -3.07. The van der Waals surface area contributed by atoms with Crippen LogP contribution in [-0.2, 0) is 15.1 Å². The lowest BCUT2D eigenvalue weighted by Gasteiger charge is -2.40. The van der Waals surface area contributed by atoms with Crippen molar-refractivity contribution in [2.24, 2.45) is 0 Å². The normalized spacial score (nSPS) is 15.1. The van der Waals surface area contributed by atoms with Crippen LogP contribution in [0.15, 0.2) is 42.5 Å². The van der Waals surface area contributed by atoms with E-state index in [2.05, 4.69) is 11.1 Å². The molecule has 4 rings (SSSR count). The van der Waals surface area contributed by atoms with Gasteiger partial charge in [0.15, 0.2) is 5.78 Å². The number of pyridine rings is 1. The van der Waals surface area contributed by atoms with E-state index in [1.165, 1.54) is 0 Å². The van der Waals surface area contributed by atoms with Crippen LogP contribution in [0.25, 0.3) is 22.0 Å². The van der Waals surface area contributed by atoms with Crippen molar-refractivity contribution in [1.82, 2.24) is 4.98 Å². The number of fused-ring (bicyclic) bond motifs is 1. The Kier molecular flexibility index (Phi) is 4.46. The number of hydrogen-bond acceptors (Lipinski definition) is 5. The highest BCUT2D eigenvalue weighted by Gasteiger charge is 2.40. The fourth-order valence-corrected chi connectivity index (χ4v) is 3.66. The van der Waals surface area contributed by atoms with Crippen molar-refractivity contribution in [2.45, 2.75) is 19.4 Å². The summed E-state index contributed by atoms with van der Waals surface area (Å²) in [6, 6.07) is 15.8. The van der Waals surface area contributed by atoms with Gasteiger partial charge in [-0.15, -0.1) is 0 Å². The highest BCUT2D eigenvalue weighted by atomic mass is 16.6. The first-order chi connectivity index (χ1) is 13.5. The average molecular weight is 372 g/mol. The van der Waals surface area contributed by atoms with Gasteiger partial charge in [-0.2, -0.15) is 5.26 Å². The molecular weight excluding hydrogens is 352 g/mol. The molecule has 0 spiro atoms. The maximum atomic E-state index is 12.1. The first-order valence-electron chi connectivity index (χ1n) is 9.08. The summed E-state index contributed by atoms with van der Waals surface area (Å²) in [6.45, 7) is 4.53. The maximum Gasteiger partial charge on any atom is 0.160 e. The molecule has 0 N–H and O–H groups in total. The largest absolute Gasteiger partial charge is 0.375 e. The zero-order valence-corrected chi connectivity index (χ0v) is 16.1. The lowest BCUT2D eigenvalue weighted by molar-refractivity contribution is -0.202. The molecule has 1 aliphatic heterocycles. The van der Waals surface area contributed by atoms with Crippen molar-refractivity contribution in [2.75, 3.05) is 20.3 Å². The van der Waals surface area contributed by atoms with E-state index in [0.717, 1.165) is 22.1 Å². The molecule has 3 aromatic rings. The van der Waals surface area contributed by atoms with E-state index in [1.807, 2.05) is 49.4 Å². The van der Waals surface area contributed by atoms with Crippen LogP contribution in [0.4, 0.5) is 0 Å². The number of hydrogen-bond donors (Lipinski definition) is 0. The van der Waals surface area contributed by atoms with Crippen LogP contribution in [0.1, 0.15) is 34.1 Å². The van der Waals surface area contributed by atoms with Gasteiger partial charge >= 0.3 is 0 Å². The third-order valence-electron chi connectivity index (χ3n) is 5.35. The molecule has 2 heterocycles. The van der Waals surface area contributed by atoms with Crippen LogP contribution < -0.4 is 0 Å². The van der Waals surface area contributed by atoms with E-state index in [0.29, 0.717) is 35.6 Å². The molecule has 5 nitrogen and oxygen atoms in total. The molecule has 140 valence electrons. The fraction of sp³-hybridized carbons (Fsp3) is 0.261. The average Bonchev–Trinajstić information content (AvgIpc) is 2.66. The summed E-state index contributed by atoms with van der Waals surface area (Å²) in [5.74, 6) is -0.0199. The zero-order valence-electron chi connectivity index (χ0n) is 16.1. The number of aromatic nitrogens is 1. The van der Waals surface area contributed by atoms with E-state index in [9.17, 15) is 10.1 Å². The Morgan fingerprint density at radius 1 is 1.21 bits per heavy atom. The Balaban J connectivity index is 1.86. The van der Waals surface area contributed by atoms with Gasteiger partial charge in [-0.25, -0.2) is 4.98 Å². The smallest absolute Gasteiger partial charge is 0.160 e. The van der Waals surface area contributed by atoms with Gasteiger partial charge in [0.2, 0.25) is 0 Å². The number of rotatable bonds is 4. The van der Waals surface area contributed by atoms with E-state index >= 15 is 0 Å². The summed E-state index contributed by atoms with van der Waals surface area (Å²) < 4.78 is 11.0. The predicted molar refractivity (Wildman–Crippen MR) is 106 cm³/mol. The molecule has 1 saturated heterocycles. The number of nitrogens with zero attached hydrogens (tertiary/aromatic N) is 2. The van der Waals surface area contributed by atoms with Crippen molar-refractivity contribution in [3.8, 4) is 17.2 Å². The van der Waals surface area contributed by atoms with Gasteiger partial charge in [-0.1, -0.05) is 24.3 Å². The Bertz CT molecular complexity index is 1120. The molecule has 0 unspecified atom stereocenters.